The molecule has 0 aliphatic carbocycles. The summed E-state index contributed by atoms with van der Waals surface area (Å²) in [6, 6.07) is 13.4. The summed E-state index contributed by atoms with van der Waals surface area (Å²) in [4.78, 5) is 0. The SMILES string of the molecule is Cc1ccc(CC(NN)c2cccc(C)c2F)cc1. The Morgan fingerprint density at radius 1 is 1.11 bits per heavy atom. The van der Waals surface area contributed by atoms with Gasteiger partial charge in [-0.25, -0.2) is 4.39 Å². The van der Waals surface area contributed by atoms with E-state index in [0.717, 1.165) is 5.56 Å². The average Bonchev–Trinajstić information content (AvgIpc) is 2.42. The van der Waals surface area contributed by atoms with Crippen molar-refractivity contribution < 1.29 is 4.39 Å². The van der Waals surface area contributed by atoms with Gasteiger partial charge in [0.15, 0.2) is 0 Å². The van der Waals surface area contributed by atoms with Gasteiger partial charge >= 0.3 is 0 Å². The Morgan fingerprint density at radius 3 is 2.42 bits per heavy atom. The van der Waals surface area contributed by atoms with E-state index in [0.29, 0.717) is 17.5 Å². The van der Waals surface area contributed by atoms with Crippen molar-refractivity contribution in [2.24, 2.45) is 5.84 Å². The first-order chi connectivity index (χ1) is 9.11. The molecular weight excluding hydrogens is 239 g/mol. The molecule has 1 atom stereocenters. The number of hydrogen-bond donors (Lipinski definition) is 2. The summed E-state index contributed by atoms with van der Waals surface area (Å²) in [7, 11) is 0. The predicted octanol–water partition coefficient (Wildman–Crippen LogP) is 3.19. The molecule has 0 radical (unpaired) electrons. The van der Waals surface area contributed by atoms with Crippen molar-refractivity contribution in [3.05, 3.63) is 70.5 Å². The lowest BCUT2D eigenvalue weighted by Crippen LogP contribution is -2.30. The Morgan fingerprint density at radius 2 is 1.79 bits per heavy atom. The summed E-state index contributed by atoms with van der Waals surface area (Å²) in [5.41, 5.74) is 6.31. The van der Waals surface area contributed by atoms with Gasteiger partial charge in [-0.05, 0) is 31.4 Å². The second kappa shape index (κ2) is 5.95. The van der Waals surface area contributed by atoms with Crippen LogP contribution >= 0.6 is 0 Å². The average molecular weight is 258 g/mol. The number of halogens is 1. The number of aryl methyl sites for hydroxylation is 2. The van der Waals surface area contributed by atoms with Crippen LogP contribution in [0.4, 0.5) is 4.39 Å². The van der Waals surface area contributed by atoms with Gasteiger partial charge in [-0.3, -0.25) is 11.3 Å². The summed E-state index contributed by atoms with van der Waals surface area (Å²) in [6.07, 6.45) is 0.664. The molecule has 2 aromatic rings. The number of benzene rings is 2. The van der Waals surface area contributed by atoms with Crippen molar-refractivity contribution >= 4 is 0 Å². The Hall–Kier alpha value is -1.71. The van der Waals surface area contributed by atoms with E-state index in [2.05, 4.69) is 17.6 Å². The van der Waals surface area contributed by atoms with Crippen LogP contribution in [-0.4, -0.2) is 0 Å². The second-order valence-electron chi connectivity index (χ2n) is 4.89. The van der Waals surface area contributed by atoms with Crippen LogP contribution in [0.15, 0.2) is 42.5 Å². The third-order valence-electron chi connectivity index (χ3n) is 3.36. The van der Waals surface area contributed by atoms with Gasteiger partial charge in [-0.15, -0.1) is 0 Å². The third kappa shape index (κ3) is 3.19. The summed E-state index contributed by atoms with van der Waals surface area (Å²) in [6.45, 7) is 3.81. The lowest BCUT2D eigenvalue weighted by atomic mass is 9.97. The molecule has 2 aromatic carbocycles. The minimum absolute atomic E-state index is 0.183. The first-order valence-electron chi connectivity index (χ1n) is 6.38. The molecule has 3 heteroatoms. The molecule has 0 saturated heterocycles. The molecule has 1 unspecified atom stereocenters. The fourth-order valence-electron chi connectivity index (χ4n) is 2.16. The largest absolute Gasteiger partial charge is 0.271 e. The highest BCUT2D eigenvalue weighted by atomic mass is 19.1. The van der Waals surface area contributed by atoms with Crippen molar-refractivity contribution in [2.45, 2.75) is 26.3 Å². The molecule has 0 fully saturated rings. The molecule has 0 aromatic heterocycles. The third-order valence-corrected chi connectivity index (χ3v) is 3.36. The zero-order chi connectivity index (χ0) is 13.8. The van der Waals surface area contributed by atoms with Crippen LogP contribution in [0.3, 0.4) is 0 Å². The van der Waals surface area contributed by atoms with Crippen molar-refractivity contribution in [3.8, 4) is 0 Å². The van der Waals surface area contributed by atoms with Crippen molar-refractivity contribution in [3.63, 3.8) is 0 Å². The van der Waals surface area contributed by atoms with Gasteiger partial charge < -0.3 is 0 Å². The van der Waals surface area contributed by atoms with E-state index >= 15 is 0 Å². The van der Waals surface area contributed by atoms with Crippen LogP contribution in [-0.2, 0) is 6.42 Å². The predicted molar refractivity (Wildman–Crippen MR) is 76.1 cm³/mol. The minimum Gasteiger partial charge on any atom is -0.271 e. The molecule has 3 N–H and O–H groups in total. The van der Waals surface area contributed by atoms with E-state index in [1.54, 1.807) is 19.1 Å². The summed E-state index contributed by atoms with van der Waals surface area (Å²) >= 11 is 0. The highest BCUT2D eigenvalue weighted by Crippen LogP contribution is 2.22. The van der Waals surface area contributed by atoms with Gasteiger partial charge in [0.05, 0.1) is 6.04 Å². The van der Waals surface area contributed by atoms with Gasteiger partial charge in [0, 0.05) is 5.56 Å². The normalized spacial score (nSPS) is 12.4. The van der Waals surface area contributed by atoms with E-state index < -0.39 is 0 Å². The van der Waals surface area contributed by atoms with Gasteiger partial charge in [0.2, 0.25) is 0 Å². The van der Waals surface area contributed by atoms with E-state index in [9.17, 15) is 4.39 Å². The molecule has 0 spiro atoms. The number of hydrogen-bond acceptors (Lipinski definition) is 2. The van der Waals surface area contributed by atoms with Crippen LogP contribution in [0.2, 0.25) is 0 Å². The zero-order valence-corrected chi connectivity index (χ0v) is 11.3. The Labute approximate surface area is 113 Å². The summed E-state index contributed by atoms with van der Waals surface area (Å²) in [5.74, 6) is 5.40. The molecule has 2 nitrogen and oxygen atoms in total. The van der Waals surface area contributed by atoms with Crippen molar-refractivity contribution in [1.29, 1.82) is 0 Å². The first kappa shape index (κ1) is 13.7. The van der Waals surface area contributed by atoms with E-state index in [-0.39, 0.29) is 11.9 Å². The molecule has 0 bridgehead atoms. The smallest absolute Gasteiger partial charge is 0.130 e. The Bertz CT molecular complexity index is 549. The molecule has 0 heterocycles. The standard InChI is InChI=1S/C16H19FN2/c1-11-6-8-13(9-7-11)10-15(19-18)14-5-3-4-12(2)16(14)17/h3-9,15,19H,10,18H2,1-2H3. The lowest BCUT2D eigenvalue weighted by molar-refractivity contribution is 0.507. The topological polar surface area (TPSA) is 38.0 Å². The van der Waals surface area contributed by atoms with Crippen molar-refractivity contribution in [2.75, 3.05) is 0 Å². The van der Waals surface area contributed by atoms with Gasteiger partial charge in [-0.1, -0.05) is 48.0 Å². The summed E-state index contributed by atoms with van der Waals surface area (Å²) in [5, 5.41) is 0. The monoisotopic (exact) mass is 258 g/mol. The van der Waals surface area contributed by atoms with E-state index in [4.69, 9.17) is 5.84 Å². The molecule has 2 rings (SSSR count). The lowest BCUT2D eigenvalue weighted by Gasteiger charge is -2.18. The fraction of sp³-hybridized carbons (Fsp3) is 0.250. The fourth-order valence-corrected chi connectivity index (χ4v) is 2.16. The van der Waals surface area contributed by atoms with E-state index in [1.165, 1.54) is 5.56 Å². The highest BCUT2D eigenvalue weighted by Gasteiger charge is 2.16. The molecule has 0 amide bonds. The second-order valence-corrected chi connectivity index (χ2v) is 4.89. The maximum absolute atomic E-state index is 14.1. The van der Waals surface area contributed by atoms with E-state index in [1.807, 2.05) is 25.1 Å². The van der Waals surface area contributed by atoms with Crippen molar-refractivity contribution in [1.82, 2.24) is 5.43 Å². The minimum atomic E-state index is -0.220. The van der Waals surface area contributed by atoms with Crippen LogP contribution in [0.5, 0.6) is 0 Å². The maximum Gasteiger partial charge on any atom is 0.130 e. The van der Waals surface area contributed by atoms with Crippen LogP contribution < -0.4 is 11.3 Å². The van der Waals surface area contributed by atoms with Crippen LogP contribution in [0.1, 0.15) is 28.3 Å². The zero-order valence-electron chi connectivity index (χ0n) is 11.3. The summed E-state index contributed by atoms with van der Waals surface area (Å²) < 4.78 is 14.1. The number of hydrazine groups is 1. The Kier molecular flexibility index (Phi) is 4.30. The number of nitrogens with two attached hydrogens (primary N) is 1. The quantitative estimate of drug-likeness (QED) is 0.653. The molecule has 100 valence electrons. The number of nitrogens with one attached hydrogen (secondary N) is 1. The molecule has 19 heavy (non-hydrogen) atoms. The number of rotatable bonds is 4. The van der Waals surface area contributed by atoms with Crippen LogP contribution in [0.25, 0.3) is 0 Å². The van der Waals surface area contributed by atoms with Gasteiger partial charge in [0.25, 0.3) is 0 Å². The highest BCUT2D eigenvalue weighted by molar-refractivity contribution is 5.30. The van der Waals surface area contributed by atoms with Crippen LogP contribution in [0, 0.1) is 19.7 Å². The first-order valence-corrected chi connectivity index (χ1v) is 6.38. The molecule has 0 aliphatic rings. The maximum atomic E-state index is 14.1. The molecule has 0 saturated carbocycles. The molecule has 0 aliphatic heterocycles. The van der Waals surface area contributed by atoms with Gasteiger partial charge in [-0.2, -0.15) is 0 Å². The Balaban J connectivity index is 2.25. The molecular formula is C16H19FN2. The van der Waals surface area contributed by atoms with Gasteiger partial charge in [0.1, 0.15) is 5.82 Å².